The summed E-state index contributed by atoms with van der Waals surface area (Å²) in [5.41, 5.74) is 1.47. The van der Waals surface area contributed by atoms with Gasteiger partial charge in [0.05, 0.1) is 33.0 Å². The molecule has 0 spiro atoms. The van der Waals surface area contributed by atoms with Gasteiger partial charge in [-0.1, -0.05) is 24.3 Å². The van der Waals surface area contributed by atoms with Crippen molar-refractivity contribution in [1.29, 1.82) is 0 Å². The Kier molecular flexibility index (Phi) is 4.93. The summed E-state index contributed by atoms with van der Waals surface area (Å²) in [5, 5.41) is 5.45. The van der Waals surface area contributed by atoms with Crippen LogP contribution in [0.1, 0.15) is 23.2 Å². The molecule has 2 heterocycles. The summed E-state index contributed by atoms with van der Waals surface area (Å²) < 4.78 is 45.7. The lowest BCUT2D eigenvalue weighted by atomic mass is 9.95. The van der Waals surface area contributed by atoms with Crippen LogP contribution in [0.15, 0.2) is 69.5 Å². The van der Waals surface area contributed by atoms with Gasteiger partial charge in [-0.25, -0.2) is 16.8 Å². The highest BCUT2D eigenvalue weighted by molar-refractivity contribution is 8.14. The van der Waals surface area contributed by atoms with Gasteiger partial charge in [0.25, 0.3) is 29.9 Å². The van der Waals surface area contributed by atoms with Gasteiger partial charge in [0, 0.05) is 21.4 Å². The molecule has 0 bridgehead atoms. The number of benzene rings is 2. The lowest BCUT2D eigenvalue weighted by molar-refractivity contribution is -0.118. The molecule has 2 aliphatic rings. The van der Waals surface area contributed by atoms with Crippen LogP contribution < -0.4 is 10.6 Å². The minimum absolute atomic E-state index is 0.102. The highest BCUT2D eigenvalue weighted by atomic mass is 35.7. The molecule has 0 saturated heterocycles. The van der Waals surface area contributed by atoms with E-state index in [0.717, 1.165) is 0 Å². The number of hydrogen-bond acceptors (Lipinski definition) is 6. The van der Waals surface area contributed by atoms with Crippen molar-refractivity contribution >= 4 is 51.3 Å². The second-order valence-corrected chi connectivity index (χ2v) is 11.8. The zero-order valence-electron chi connectivity index (χ0n) is 14.8. The first-order chi connectivity index (χ1) is 14.0. The molecule has 12 heteroatoms. The van der Waals surface area contributed by atoms with Crippen LogP contribution in [0, 0.1) is 0 Å². The van der Waals surface area contributed by atoms with Crippen LogP contribution in [0.2, 0.25) is 0 Å². The maximum absolute atomic E-state index is 12.6. The number of nitrogens with one attached hydrogen (secondary N) is 2. The Hall–Kier alpha value is -2.40. The Morgan fingerprint density at radius 2 is 0.900 bits per heavy atom. The molecule has 2 aliphatic heterocycles. The molecule has 8 nitrogen and oxygen atoms in total. The van der Waals surface area contributed by atoms with Crippen molar-refractivity contribution in [2.24, 2.45) is 0 Å². The van der Waals surface area contributed by atoms with Crippen LogP contribution in [0.25, 0.3) is 0 Å². The molecule has 2 aromatic rings. The fourth-order valence-electron chi connectivity index (χ4n) is 3.53. The molecule has 0 fully saturated rings. The molecule has 4 rings (SSSR count). The maximum atomic E-state index is 12.6. The average Bonchev–Trinajstić information content (AvgIpc) is 3.19. The van der Waals surface area contributed by atoms with E-state index >= 15 is 0 Å². The van der Waals surface area contributed by atoms with Crippen LogP contribution in [0.4, 0.5) is 0 Å². The van der Waals surface area contributed by atoms with Crippen LogP contribution in [-0.2, 0) is 27.7 Å². The highest BCUT2D eigenvalue weighted by Crippen LogP contribution is 2.41. The van der Waals surface area contributed by atoms with Crippen molar-refractivity contribution in [1.82, 2.24) is 10.6 Å². The van der Waals surface area contributed by atoms with Gasteiger partial charge >= 0.3 is 0 Å². The molecule has 2 atom stereocenters. The van der Waals surface area contributed by atoms with Gasteiger partial charge in [-0.15, -0.1) is 0 Å². The molecule has 156 valence electrons. The first kappa shape index (κ1) is 20.9. The normalized spacial score (nSPS) is 21.4. The SMILES string of the molecule is O=C1NC(c2ccc(S(=O)(=O)Cl)cc2)C2=C1C(c1ccc(S(=O)(=O)Cl)cc1)NC2=O. The number of halogens is 2. The smallest absolute Gasteiger partial charge is 0.261 e. The van der Waals surface area contributed by atoms with Crippen molar-refractivity contribution in [3.8, 4) is 0 Å². The highest BCUT2D eigenvalue weighted by Gasteiger charge is 2.46. The predicted octanol–water partition coefficient (Wildman–Crippen LogP) is 1.88. The van der Waals surface area contributed by atoms with E-state index in [1.807, 2.05) is 0 Å². The van der Waals surface area contributed by atoms with Gasteiger partial charge in [-0.3, -0.25) is 9.59 Å². The van der Waals surface area contributed by atoms with Crippen molar-refractivity contribution in [3.63, 3.8) is 0 Å². The van der Waals surface area contributed by atoms with Gasteiger partial charge in [-0.05, 0) is 35.4 Å². The molecular formula is C18H12Cl2N2O6S2. The van der Waals surface area contributed by atoms with E-state index in [0.29, 0.717) is 11.1 Å². The van der Waals surface area contributed by atoms with Gasteiger partial charge in [-0.2, -0.15) is 0 Å². The Balaban J connectivity index is 1.71. The molecule has 0 radical (unpaired) electrons. The van der Waals surface area contributed by atoms with Gasteiger partial charge < -0.3 is 10.6 Å². The first-order valence-corrected chi connectivity index (χ1v) is 13.0. The Bertz CT molecular complexity index is 1210. The summed E-state index contributed by atoms with van der Waals surface area (Å²) in [5.74, 6) is -0.914. The summed E-state index contributed by atoms with van der Waals surface area (Å²) in [6.45, 7) is 0. The van der Waals surface area contributed by atoms with E-state index in [-0.39, 0.29) is 20.9 Å². The van der Waals surface area contributed by atoms with Crippen molar-refractivity contribution in [3.05, 3.63) is 70.8 Å². The Morgan fingerprint density at radius 1 is 0.600 bits per heavy atom. The van der Waals surface area contributed by atoms with Crippen LogP contribution in [-0.4, -0.2) is 28.6 Å². The number of hydrogen-bond donors (Lipinski definition) is 2. The number of rotatable bonds is 4. The third kappa shape index (κ3) is 3.60. The summed E-state index contributed by atoms with van der Waals surface area (Å²) in [6, 6.07) is 9.52. The zero-order valence-corrected chi connectivity index (χ0v) is 17.9. The summed E-state index contributed by atoms with van der Waals surface area (Å²) >= 11 is 0. The topological polar surface area (TPSA) is 126 Å². The quantitative estimate of drug-likeness (QED) is 0.635. The largest absolute Gasteiger partial charge is 0.341 e. The molecule has 0 aromatic heterocycles. The molecule has 2 amide bonds. The summed E-state index contributed by atoms with van der Waals surface area (Å²) in [6.07, 6.45) is 0. The van der Waals surface area contributed by atoms with Crippen LogP contribution in [0.5, 0.6) is 0 Å². The minimum Gasteiger partial charge on any atom is -0.341 e. The molecule has 2 unspecified atom stereocenters. The monoisotopic (exact) mass is 486 g/mol. The summed E-state index contributed by atoms with van der Waals surface area (Å²) in [7, 11) is 2.83. The molecule has 2 aromatic carbocycles. The van der Waals surface area contributed by atoms with E-state index in [2.05, 4.69) is 10.6 Å². The van der Waals surface area contributed by atoms with E-state index < -0.39 is 42.0 Å². The summed E-state index contributed by atoms with van der Waals surface area (Å²) in [4.78, 5) is 25.0. The lowest BCUT2D eigenvalue weighted by Gasteiger charge is -2.17. The van der Waals surface area contributed by atoms with Gasteiger partial charge in [0.1, 0.15) is 0 Å². The van der Waals surface area contributed by atoms with E-state index in [4.69, 9.17) is 21.4 Å². The van der Waals surface area contributed by atoms with Crippen molar-refractivity contribution in [2.45, 2.75) is 21.9 Å². The van der Waals surface area contributed by atoms with Crippen LogP contribution >= 0.6 is 21.4 Å². The van der Waals surface area contributed by atoms with Crippen molar-refractivity contribution in [2.75, 3.05) is 0 Å². The Morgan fingerprint density at radius 3 is 1.17 bits per heavy atom. The number of amides is 2. The molecule has 30 heavy (non-hydrogen) atoms. The molecule has 2 N–H and O–H groups in total. The van der Waals surface area contributed by atoms with Gasteiger partial charge in [0.2, 0.25) is 0 Å². The lowest BCUT2D eigenvalue weighted by Crippen LogP contribution is -2.33. The Labute approximate surface area is 180 Å². The number of carbonyl (C=O) groups is 2. The van der Waals surface area contributed by atoms with Crippen LogP contribution in [0.3, 0.4) is 0 Å². The third-order valence-electron chi connectivity index (χ3n) is 4.90. The molecular weight excluding hydrogens is 475 g/mol. The fourth-order valence-corrected chi connectivity index (χ4v) is 5.07. The van der Waals surface area contributed by atoms with E-state index in [9.17, 15) is 26.4 Å². The third-order valence-corrected chi connectivity index (χ3v) is 7.64. The second-order valence-electron chi connectivity index (χ2n) is 6.65. The van der Waals surface area contributed by atoms with E-state index in [1.54, 1.807) is 0 Å². The minimum atomic E-state index is -3.90. The van der Waals surface area contributed by atoms with Gasteiger partial charge in [0.15, 0.2) is 0 Å². The van der Waals surface area contributed by atoms with Crippen molar-refractivity contribution < 1.29 is 26.4 Å². The molecule has 0 aliphatic carbocycles. The fraction of sp³-hybridized carbons (Fsp3) is 0.111. The van der Waals surface area contributed by atoms with E-state index in [1.165, 1.54) is 48.5 Å². The average molecular weight is 487 g/mol. The number of carbonyl (C=O) groups excluding carboxylic acids is 2. The standard InChI is InChI=1S/C18H12Cl2N2O6S2/c19-29(25,26)11-5-1-9(2-6-11)15-13-14(18(24)21-15)16(22-17(13)23)10-3-7-12(8-4-10)30(20,27)28/h1-8,15-16H,(H,21,24)(H,22,23). The zero-order chi connectivity index (χ0) is 21.8. The maximum Gasteiger partial charge on any atom is 0.261 e. The first-order valence-electron chi connectivity index (χ1n) is 8.42. The second kappa shape index (κ2) is 7.09. The molecule has 0 saturated carbocycles. The predicted molar refractivity (Wildman–Crippen MR) is 108 cm³/mol.